The van der Waals surface area contributed by atoms with Gasteiger partial charge in [0.1, 0.15) is 0 Å². The Morgan fingerprint density at radius 2 is 1.35 bits per heavy atom. The van der Waals surface area contributed by atoms with Gasteiger partial charge in [-0.25, -0.2) is 0 Å². The van der Waals surface area contributed by atoms with E-state index in [2.05, 4.69) is 19.1 Å². The summed E-state index contributed by atoms with van der Waals surface area (Å²) in [6.07, 6.45) is 17.9. The van der Waals surface area contributed by atoms with Gasteiger partial charge in [-0.2, -0.15) is 0 Å². The number of aliphatic hydroxyl groups is 2. The highest BCUT2D eigenvalue weighted by molar-refractivity contribution is 5.76. The van der Waals surface area contributed by atoms with E-state index in [4.69, 9.17) is 15.9 Å². The van der Waals surface area contributed by atoms with Crippen LogP contribution in [0.1, 0.15) is 90.4 Å². The lowest BCUT2D eigenvalue weighted by atomic mass is 9.99. The number of allylic oxidation sites excluding steroid dienone is 2. The van der Waals surface area contributed by atoms with Crippen molar-refractivity contribution in [3.63, 3.8) is 0 Å². The van der Waals surface area contributed by atoms with Gasteiger partial charge in [-0.05, 0) is 32.1 Å². The topological polar surface area (TPSA) is 83.6 Å². The minimum Gasteiger partial charge on any atom is -0.369 e. The molecule has 0 bridgehead atoms. The van der Waals surface area contributed by atoms with Gasteiger partial charge in [-0.3, -0.25) is 4.79 Å². The summed E-state index contributed by atoms with van der Waals surface area (Å²) in [5.41, 5.74) is 5.12. The van der Waals surface area contributed by atoms with Gasteiger partial charge in [-0.1, -0.05) is 70.4 Å². The first-order chi connectivity index (χ1) is 11.1. The number of nitrogens with two attached hydrogens (primary N) is 1. The fraction of sp³-hybridized carbons (Fsp3) is 0.842. The highest BCUT2D eigenvalue weighted by Crippen LogP contribution is 2.14. The molecular weight excluding hydrogens is 290 g/mol. The molecule has 0 aromatic carbocycles. The first kappa shape index (κ1) is 22.1. The zero-order valence-electron chi connectivity index (χ0n) is 14.9. The van der Waals surface area contributed by atoms with Crippen molar-refractivity contribution in [1.82, 2.24) is 0 Å². The van der Waals surface area contributed by atoms with Gasteiger partial charge in [0, 0.05) is 0 Å². The molecule has 0 aliphatic carbocycles. The van der Waals surface area contributed by atoms with Crippen molar-refractivity contribution in [2.24, 2.45) is 11.7 Å². The molecule has 0 aromatic heterocycles. The summed E-state index contributed by atoms with van der Waals surface area (Å²) in [5, 5.41) is 18.1. The molecule has 0 saturated heterocycles. The van der Waals surface area contributed by atoms with Crippen LogP contribution >= 0.6 is 0 Å². The average molecular weight is 328 g/mol. The Bertz CT molecular complexity index is 303. The average Bonchev–Trinajstić information content (AvgIpc) is 2.50. The van der Waals surface area contributed by atoms with Crippen molar-refractivity contribution >= 4 is 5.91 Å². The molecule has 0 fully saturated rings. The highest BCUT2D eigenvalue weighted by atomic mass is 16.5. The van der Waals surface area contributed by atoms with Gasteiger partial charge in [0.05, 0.1) is 5.92 Å². The van der Waals surface area contributed by atoms with E-state index in [1.54, 1.807) is 0 Å². The Kier molecular flexibility index (Phi) is 15.4. The Labute approximate surface area is 142 Å². The van der Waals surface area contributed by atoms with Gasteiger partial charge in [0.15, 0.2) is 6.29 Å². The monoisotopic (exact) mass is 327 g/mol. The summed E-state index contributed by atoms with van der Waals surface area (Å²) in [7, 11) is 0. The molecule has 23 heavy (non-hydrogen) atoms. The van der Waals surface area contributed by atoms with Crippen molar-refractivity contribution in [2.45, 2.75) is 96.7 Å². The quantitative estimate of drug-likeness (QED) is 0.227. The standard InChI is InChI=1S/C19H37NO3/c1-2-3-4-5-6-7-8-9-10-11-12-13-14-15-16-17(18(20)21)19(22)23/h9-10,17,19,22-23H,2-8,11-16H2,1H3,(H2,20,21)/b10-9-. The van der Waals surface area contributed by atoms with E-state index in [-0.39, 0.29) is 0 Å². The SMILES string of the molecule is CCCCCCCC/C=C\CCCCCCC(C(N)=O)C(O)O. The van der Waals surface area contributed by atoms with Crippen molar-refractivity contribution in [3.8, 4) is 0 Å². The summed E-state index contributed by atoms with van der Waals surface area (Å²) in [5.74, 6) is -1.45. The molecule has 1 amide bonds. The van der Waals surface area contributed by atoms with E-state index in [1.165, 1.54) is 44.9 Å². The van der Waals surface area contributed by atoms with Crippen molar-refractivity contribution in [3.05, 3.63) is 12.2 Å². The van der Waals surface area contributed by atoms with Gasteiger partial charge in [-0.15, -0.1) is 0 Å². The molecule has 1 unspecified atom stereocenters. The largest absolute Gasteiger partial charge is 0.369 e. The molecule has 0 aliphatic rings. The molecule has 0 spiro atoms. The second kappa shape index (κ2) is 16.0. The van der Waals surface area contributed by atoms with Crippen LogP contribution < -0.4 is 5.73 Å². The normalized spacial score (nSPS) is 13.0. The van der Waals surface area contributed by atoms with Crippen LogP contribution in [0.4, 0.5) is 0 Å². The summed E-state index contributed by atoms with van der Waals surface area (Å²) in [6.45, 7) is 2.24. The Morgan fingerprint density at radius 1 is 0.870 bits per heavy atom. The van der Waals surface area contributed by atoms with Crippen LogP contribution in [0.3, 0.4) is 0 Å². The number of hydrogen-bond donors (Lipinski definition) is 3. The van der Waals surface area contributed by atoms with Crippen LogP contribution in [0.15, 0.2) is 12.2 Å². The number of amides is 1. The molecular formula is C19H37NO3. The fourth-order valence-electron chi connectivity index (χ4n) is 2.70. The number of primary amides is 1. The maximum Gasteiger partial charge on any atom is 0.225 e. The van der Waals surface area contributed by atoms with Gasteiger partial charge < -0.3 is 15.9 Å². The van der Waals surface area contributed by atoms with Crippen LogP contribution in [-0.4, -0.2) is 22.4 Å². The lowest BCUT2D eigenvalue weighted by Crippen LogP contribution is -2.33. The third-order valence-corrected chi connectivity index (χ3v) is 4.25. The number of rotatable bonds is 16. The summed E-state index contributed by atoms with van der Waals surface area (Å²) in [4.78, 5) is 11.0. The number of hydrogen-bond acceptors (Lipinski definition) is 3. The highest BCUT2D eigenvalue weighted by Gasteiger charge is 2.21. The van der Waals surface area contributed by atoms with E-state index < -0.39 is 18.1 Å². The van der Waals surface area contributed by atoms with Crippen LogP contribution in [0.2, 0.25) is 0 Å². The van der Waals surface area contributed by atoms with Crippen molar-refractivity contribution in [2.75, 3.05) is 0 Å². The zero-order chi connectivity index (χ0) is 17.3. The molecule has 0 aliphatic heterocycles. The van der Waals surface area contributed by atoms with Crippen LogP contribution in [0.25, 0.3) is 0 Å². The maximum absolute atomic E-state index is 11.0. The summed E-state index contributed by atoms with van der Waals surface area (Å²) >= 11 is 0. The second-order valence-electron chi connectivity index (χ2n) is 6.44. The van der Waals surface area contributed by atoms with E-state index in [0.29, 0.717) is 6.42 Å². The third-order valence-electron chi connectivity index (χ3n) is 4.25. The van der Waals surface area contributed by atoms with Crippen LogP contribution in [0.5, 0.6) is 0 Å². The lowest BCUT2D eigenvalue weighted by molar-refractivity contribution is -0.139. The molecule has 4 nitrogen and oxygen atoms in total. The number of unbranched alkanes of at least 4 members (excludes halogenated alkanes) is 10. The minimum absolute atomic E-state index is 0.459. The molecule has 1 atom stereocenters. The Morgan fingerprint density at radius 3 is 1.83 bits per heavy atom. The predicted molar refractivity (Wildman–Crippen MR) is 95.7 cm³/mol. The van der Waals surface area contributed by atoms with Gasteiger partial charge >= 0.3 is 0 Å². The number of carbonyl (C=O) groups is 1. The predicted octanol–water partition coefficient (Wildman–Crippen LogP) is 4.05. The van der Waals surface area contributed by atoms with E-state index >= 15 is 0 Å². The number of carbonyl (C=O) groups excluding carboxylic acids is 1. The lowest BCUT2D eigenvalue weighted by Gasteiger charge is -2.14. The summed E-state index contributed by atoms with van der Waals surface area (Å²) < 4.78 is 0. The zero-order valence-corrected chi connectivity index (χ0v) is 14.9. The Hall–Kier alpha value is -0.870. The van der Waals surface area contributed by atoms with Crippen molar-refractivity contribution < 1.29 is 15.0 Å². The second-order valence-corrected chi connectivity index (χ2v) is 6.44. The molecule has 0 rings (SSSR count). The first-order valence-electron chi connectivity index (χ1n) is 9.40. The van der Waals surface area contributed by atoms with Gasteiger partial charge in [0.25, 0.3) is 0 Å². The smallest absolute Gasteiger partial charge is 0.225 e. The molecule has 0 radical (unpaired) electrons. The van der Waals surface area contributed by atoms with Crippen molar-refractivity contribution in [1.29, 1.82) is 0 Å². The number of aliphatic hydroxyl groups excluding tert-OH is 1. The van der Waals surface area contributed by atoms with E-state index in [1.807, 2.05) is 0 Å². The molecule has 0 saturated carbocycles. The first-order valence-corrected chi connectivity index (χ1v) is 9.40. The third kappa shape index (κ3) is 14.5. The molecule has 0 heterocycles. The summed E-state index contributed by atoms with van der Waals surface area (Å²) in [6, 6.07) is 0. The molecule has 0 aromatic rings. The molecule has 4 N–H and O–H groups in total. The Balaban J connectivity index is 3.35. The minimum atomic E-state index is -1.63. The van der Waals surface area contributed by atoms with E-state index in [9.17, 15) is 4.79 Å². The van der Waals surface area contributed by atoms with Crippen LogP contribution in [-0.2, 0) is 4.79 Å². The molecule has 136 valence electrons. The van der Waals surface area contributed by atoms with E-state index in [0.717, 1.165) is 32.1 Å². The maximum atomic E-state index is 11.0. The fourth-order valence-corrected chi connectivity index (χ4v) is 2.70. The molecule has 4 heteroatoms. The van der Waals surface area contributed by atoms with Crippen LogP contribution in [0, 0.1) is 5.92 Å². The van der Waals surface area contributed by atoms with Gasteiger partial charge in [0.2, 0.25) is 5.91 Å².